The molecule has 0 aliphatic heterocycles. The average Bonchev–Trinajstić information content (AvgIpc) is 2.72. The Kier molecular flexibility index (Phi) is 21.4. The van der Waals surface area contributed by atoms with Crippen LogP contribution in [-0.4, -0.2) is 98.7 Å². The largest absolute Gasteiger partial charge is 0.515 e. The van der Waals surface area contributed by atoms with E-state index in [9.17, 15) is 0 Å². The van der Waals surface area contributed by atoms with Gasteiger partial charge in [-0.05, 0) is 67.3 Å². The van der Waals surface area contributed by atoms with E-state index in [0.717, 1.165) is 51.7 Å². The van der Waals surface area contributed by atoms with Gasteiger partial charge in [0.05, 0.1) is 6.17 Å². The van der Waals surface area contributed by atoms with E-state index < -0.39 is 17.4 Å². The van der Waals surface area contributed by atoms with Crippen molar-refractivity contribution in [3.05, 3.63) is 0 Å². The Bertz CT molecular complexity index is 350. The fourth-order valence-corrected chi connectivity index (χ4v) is 8.82. The molecule has 0 fully saturated rings. The van der Waals surface area contributed by atoms with Crippen molar-refractivity contribution < 1.29 is 22.1 Å². The van der Waals surface area contributed by atoms with Crippen LogP contribution >= 0.6 is 0 Å². The third-order valence-electron chi connectivity index (χ3n) is 4.71. The molecule has 0 N–H and O–H groups in total. The third-order valence-corrected chi connectivity index (χ3v) is 10.5. The monoisotopic (exact) mass is 468 g/mol. The number of hydrogen-bond acceptors (Lipinski definition) is 7. The second-order valence-corrected chi connectivity index (χ2v) is 12.6. The smallest absolute Gasteiger partial charge is 0.394 e. The first-order chi connectivity index (χ1) is 14.3. The van der Waals surface area contributed by atoms with Crippen molar-refractivity contribution in [2.45, 2.75) is 68.9 Å². The first-order valence-corrected chi connectivity index (χ1v) is 16.4. The maximum Gasteiger partial charge on any atom is 0.515 e. The fourth-order valence-electron chi connectivity index (χ4n) is 3.24. The van der Waals surface area contributed by atoms with Crippen molar-refractivity contribution in [1.29, 1.82) is 0 Å². The summed E-state index contributed by atoms with van der Waals surface area (Å²) in [4.78, 5) is 4.67. The minimum atomic E-state index is -2.47. The van der Waals surface area contributed by atoms with Crippen LogP contribution in [0.2, 0.25) is 6.55 Å². The Hall–Kier alpha value is 0.154. The van der Waals surface area contributed by atoms with Crippen LogP contribution in [0.5, 0.6) is 0 Å². The van der Waals surface area contributed by atoms with E-state index in [0.29, 0.717) is 19.8 Å². The van der Waals surface area contributed by atoms with Gasteiger partial charge in [-0.1, -0.05) is 27.7 Å². The van der Waals surface area contributed by atoms with Gasteiger partial charge in [0.1, 0.15) is 0 Å². The molecular weight excluding hydrogens is 416 g/mol. The Morgan fingerprint density at radius 3 is 1.03 bits per heavy atom. The molecule has 0 bridgehead atoms. The Labute approximate surface area is 190 Å². The summed E-state index contributed by atoms with van der Waals surface area (Å²) in [6, 6.07) is 0. The van der Waals surface area contributed by atoms with E-state index in [-0.39, 0.29) is 0 Å². The molecule has 0 rings (SSSR count). The van der Waals surface area contributed by atoms with Gasteiger partial charge in [-0.25, -0.2) is 0 Å². The molecule has 0 heterocycles. The van der Waals surface area contributed by atoms with Crippen LogP contribution in [0.25, 0.3) is 0 Å². The minimum Gasteiger partial charge on any atom is -0.394 e. The zero-order chi connectivity index (χ0) is 23.5. The van der Waals surface area contributed by atoms with E-state index in [1.165, 1.54) is 0 Å². The molecule has 0 aliphatic rings. The minimum absolute atomic E-state index is 0.646. The number of rotatable bonds is 18. The lowest BCUT2D eigenvalue weighted by Crippen LogP contribution is -2.55. The summed E-state index contributed by atoms with van der Waals surface area (Å²) < 4.78 is 29.0. The molecule has 0 aromatic carbocycles. The quantitative estimate of drug-likeness (QED) is 0.283. The first-order valence-electron chi connectivity index (χ1n) is 11.9. The second-order valence-electron chi connectivity index (χ2n) is 6.90. The summed E-state index contributed by atoms with van der Waals surface area (Å²) in [5.74, 6) is 0. The number of hydrogen-bond donors (Lipinski definition) is 0. The highest BCUT2D eigenvalue weighted by Gasteiger charge is 2.41. The van der Waals surface area contributed by atoms with Crippen LogP contribution in [0.1, 0.15) is 62.3 Å². The summed E-state index contributed by atoms with van der Waals surface area (Å²) in [6.45, 7) is 28.4. The van der Waals surface area contributed by atoms with Crippen LogP contribution < -0.4 is 0 Å². The summed E-state index contributed by atoms with van der Waals surface area (Å²) in [5.41, 5.74) is 0. The van der Waals surface area contributed by atoms with E-state index in [4.69, 9.17) is 22.1 Å². The predicted octanol–water partition coefficient (Wildman–Crippen LogP) is 3.93. The van der Waals surface area contributed by atoms with Crippen LogP contribution in [-0.2, 0) is 22.1 Å². The molecule has 184 valence electrons. The molecule has 0 spiro atoms. The molecule has 0 unspecified atom stereocenters. The molecule has 0 amide bonds. The van der Waals surface area contributed by atoms with Gasteiger partial charge in [0.25, 0.3) is 0 Å². The van der Waals surface area contributed by atoms with Crippen LogP contribution in [0.15, 0.2) is 0 Å². The normalized spacial score (nSPS) is 12.4. The molecule has 9 heteroatoms. The summed E-state index contributed by atoms with van der Waals surface area (Å²) >= 11 is 0. The Morgan fingerprint density at radius 2 is 0.767 bits per heavy atom. The molecular formula is C21H52N2O5Si2. The third kappa shape index (κ3) is 14.3. The zero-order valence-electron chi connectivity index (χ0n) is 21.7. The summed E-state index contributed by atoms with van der Waals surface area (Å²) in [5, 5.41) is 0. The molecule has 0 saturated carbocycles. The lowest BCUT2D eigenvalue weighted by molar-refractivity contribution is 0.0578. The van der Waals surface area contributed by atoms with Gasteiger partial charge in [0.15, 0.2) is 0 Å². The summed E-state index contributed by atoms with van der Waals surface area (Å²) in [6.07, 6.45) is 1.76. The van der Waals surface area contributed by atoms with Crippen LogP contribution in [0.4, 0.5) is 0 Å². The van der Waals surface area contributed by atoms with Crippen molar-refractivity contribution in [3.63, 3.8) is 0 Å². The molecule has 0 radical (unpaired) electrons. The van der Waals surface area contributed by atoms with E-state index in [1.54, 1.807) is 0 Å². The molecule has 7 nitrogen and oxygen atoms in total. The maximum atomic E-state index is 5.80. The SMILES string of the molecule is CCO[Si](C)(CN(CC)CC)OCC.CCO[Si](CN(CC)CC)(OCC)OCC. The van der Waals surface area contributed by atoms with Crippen LogP contribution in [0, 0.1) is 0 Å². The van der Waals surface area contributed by atoms with Crippen molar-refractivity contribution in [2.75, 3.05) is 71.5 Å². The molecule has 0 saturated heterocycles. The highest BCUT2D eigenvalue weighted by atomic mass is 28.4. The van der Waals surface area contributed by atoms with Crippen molar-refractivity contribution in [2.24, 2.45) is 0 Å². The van der Waals surface area contributed by atoms with E-state index in [1.807, 2.05) is 34.6 Å². The van der Waals surface area contributed by atoms with Gasteiger partial charge in [-0.15, -0.1) is 0 Å². The first kappa shape index (κ1) is 32.3. The molecule has 0 aliphatic carbocycles. The number of nitrogens with zero attached hydrogens (tertiary/aromatic N) is 2. The predicted molar refractivity (Wildman–Crippen MR) is 131 cm³/mol. The van der Waals surface area contributed by atoms with Gasteiger partial charge in [-0.3, -0.25) is 4.90 Å². The topological polar surface area (TPSA) is 52.6 Å². The zero-order valence-corrected chi connectivity index (χ0v) is 23.7. The van der Waals surface area contributed by atoms with Crippen molar-refractivity contribution in [1.82, 2.24) is 9.80 Å². The average molecular weight is 469 g/mol. The fraction of sp³-hybridized carbons (Fsp3) is 1.00. The lowest BCUT2D eigenvalue weighted by atomic mass is 10.6. The lowest BCUT2D eigenvalue weighted by Gasteiger charge is -2.32. The van der Waals surface area contributed by atoms with Gasteiger partial charge >= 0.3 is 17.4 Å². The molecule has 0 atom stereocenters. The highest BCUT2D eigenvalue weighted by molar-refractivity contribution is 6.66. The van der Waals surface area contributed by atoms with Gasteiger partial charge in [-0.2, -0.15) is 0 Å². The molecule has 0 aromatic heterocycles. The van der Waals surface area contributed by atoms with E-state index >= 15 is 0 Å². The van der Waals surface area contributed by atoms with Gasteiger partial charge < -0.3 is 27.0 Å². The van der Waals surface area contributed by atoms with Crippen LogP contribution in [0.3, 0.4) is 0 Å². The molecule has 30 heavy (non-hydrogen) atoms. The summed E-state index contributed by atoms with van der Waals surface area (Å²) in [7, 11) is -4.40. The van der Waals surface area contributed by atoms with Gasteiger partial charge in [0.2, 0.25) is 0 Å². The molecule has 0 aromatic rings. The standard InChI is InChI=1S/C11H27NO3Si.C10H25NO2Si/c1-6-12(7-2)11-16(13-8-3,14-9-4)15-10-5;1-6-11(7-2)10-14(5,12-8-3)13-9-4/h6-11H2,1-5H3;6-10H2,1-5H3. The van der Waals surface area contributed by atoms with Crippen molar-refractivity contribution in [3.8, 4) is 0 Å². The van der Waals surface area contributed by atoms with Crippen molar-refractivity contribution >= 4 is 17.4 Å². The maximum absolute atomic E-state index is 5.80. The highest BCUT2D eigenvalue weighted by Crippen LogP contribution is 2.12. The van der Waals surface area contributed by atoms with Gasteiger partial charge in [0, 0.05) is 39.2 Å². The van der Waals surface area contributed by atoms with E-state index in [2.05, 4.69) is 44.0 Å². The second kappa shape index (κ2) is 19.8. The Balaban J connectivity index is 0. The Morgan fingerprint density at radius 1 is 0.467 bits per heavy atom.